The summed E-state index contributed by atoms with van der Waals surface area (Å²) in [6.45, 7) is 2.53. The van der Waals surface area contributed by atoms with Crippen molar-refractivity contribution >= 4 is 15.9 Å². The van der Waals surface area contributed by atoms with E-state index in [2.05, 4.69) is 17.4 Å². The van der Waals surface area contributed by atoms with E-state index in [1.54, 1.807) is 6.92 Å². The fourth-order valence-corrected chi connectivity index (χ4v) is 4.42. The summed E-state index contributed by atoms with van der Waals surface area (Å²) in [7, 11) is -3.19. The largest absolute Gasteiger partial charge is 0.332 e. The summed E-state index contributed by atoms with van der Waals surface area (Å²) in [6, 6.07) is 9.84. The van der Waals surface area contributed by atoms with Crippen LogP contribution in [0, 0.1) is 11.8 Å². The van der Waals surface area contributed by atoms with Crippen LogP contribution in [-0.4, -0.2) is 38.2 Å². The zero-order chi connectivity index (χ0) is 19.4. The number of hydrogen-bond donors (Lipinski definition) is 1. The van der Waals surface area contributed by atoms with Gasteiger partial charge in [-0.1, -0.05) is 49.2 Å². The highest BCUT2D eigenvalue weighted by Gasteiger charge is 2.35. The molecular formula is C21H30N2O3S. The van der Waals surface area contributed by atoms with Crippen LogP contribution in [0.1, 0.15) is 50.6 Å². The predicted octanol–water partition coefficient (Wildman–Crippen LogP) is 3.90. The lowest BCUT2D eigenvalue weighted by Crippen LogP contribution is -2.48. The molecule has 0 unspecified atom stereocenters. The third-order valence-corrected chi connectivity index (χ3v) is 6.14. The van der Waals surface area contributed by atoms with Gasteiger partial charge in [0.2, 0.25) is 0 Å². The number of carbonyl (C=O) groups excluding carboxylic acids is 1. The molecule has 0 spiro atoms. The van der Waals surface area contributed by atoms with Crippen LogP contribution >= 0.6 is 0 Å². The van der Waals surface area contributed by atoms with Crippen LogP contribution in [0.4, 0.5) is 4.79 Å². The van der Waals surface area contributed by atoms with Crippen molar-refractivity contribution < 1.29 is 13.2 Å². The van der Waals surface area contributed by atoms with Gasteiger partial charge in [-0.3, -0.25) is 0 Å². The molecule has 2 amide bonds. The summed E-state index contributed by atoms with van der Waals surface area (Å²) in [5.74, 6) is 1.57. The van der Waals surface area contributed by atoms with Gasteiger partial charge in [0.25, 0.3) is 0 Å². The molecule has 1 aliphatic carbocycles. The van der Waals surface area contributed by atoms with Crippen molar-refractivity contribution in [3.63, 3.8) is 0 Å². The van der Waals surface area contributed by atoms with Crippen molar-refractivity contribution in [2.45, 2.75) is 51.1 Å². The minimum absolute atomic E-state index is 0.0785. The number of benzene rings is 1. The molecule has 3 rings (SSSR count). The molecule has 1 aromatic rings. The lowest BCUT2D eigenvalue weighted by molar-refractivity contribution is 0.121. The highest BCUT2D eigenvalue weighted by Crippen LogP contribution is 2.42. The first-order valence-corrected chi connectivity index (χ1v) is 11.8. The average Bonchev–Trinajstić information content (AvgIpc) is 3.44. The van der Waals surface area contributed by atoms with E-state index in [4.69, 9.17) is 0 Å². The summed E-state index contributed by atoms with van der Waals surface area (Å²) in [6.07, 6.45) is 8.72. The van der Waals surface area contributed by atoms with Crippen molar-refractivity contribution in [3.8, 4) is 0 Å². The first-order chi connectivity index (χ1) is 12.8. The van der Waals surface area contributed by atoms with Gasteiger partial charge in [0.05, 0.1) is 6.04 Å². The maximum atomic E-state index is 12.9. The predicted molar refractivity (Wildman–Crippen MR) is 108 cm³/mol. The van der Waals surface area contributed by atoms with Crippen LogP contribution in [0.5, 0.6) is 0 Å². The van der Waals surface area contributed by atoms with Gasteiger partial charge in [0.1, 0.15) is 0 Å². The Hall–Kier alpha value is -1.82. The lowest BCUT2D eigenvalue weighted by Gasteiger charge is -2.40. The van der Waals surface area contributed by atoms with E-state index in [-0.39, 0.29) is 18.1 Å². The van der Waals surface area contributed by atoms with Crippen molar-refractivity contribution in [2.75, 3.05) is 12.8 Å². The van der Waals surface area contributed by atoms with Crippen LogP contribution in [0.3, 0.4) is 0 Å². The fraction of sp³-hybridized carbons (Fsp3) is 0.571. The SMILES string of the molecule is C[C@@H](/C=C/S(C)(=O)=O)NC(=O)N1CC[C@H](CC2CC2)C[C@@H]1c1ccccc1. The minimum Gasteiger partial charge on any atom is -0.332 e. The van der Waals surface area contributed by atoms with Gasteiger partial charge in [-0.05, 0) is 43.6 Å². The normalized spacial score (nSPS) is 24.7. The molecule has 2 aliphatic rings. The molecule has 6 heteroatoms. The fourth-order valence-electron chi connectivity index (χ4n) is 3.90. The third-order valence-electron chi connectivity index (χ3n) is 5.49. The lowest BCUT2D eigenvalue weighted by atomic mass is 9.84. The van der Waals surface area contributed by atoms with E-state index in [1.165, 1.54) is 30.9 Å². The molecular weight excluding hydrogens is 360 g/mol. The van der Waals surface area contributed by atoms with Crippen LogP contribution in [0.25, 0.3) is 0 Å². The first kappa shape index (κ1) is 19.9. The van der Waals surface area contributed by atoms with E-state index in [0.717, 1.165) is 37.0 Å². The second-order valence-corrected chi connectivity index (χ2v) is 10.0. The number of carbonyl (C=O) groups is 1. The number of nitrogens with one attached hydrogen (secondary N) is 1. The second kappa shape index (κ2) is 8.46. The molecule has 0 radical (unpaired) electrons. The van der Waals surface area contributed by atoms with Crippen LogP contribution in [0.2, 0.25) is 0 Å². The van der Waals surface area contributed by atoms with Crippen molar-refractivity contribution in [1.29, 1.82) is 0 Å². The van der Waals surface area contributed by atoms with Gasteiger partial charge < -0.3 is 10.2 Å². The molecule has 1 heterocycles. The Morgan fingerprint density at radius 2 is 1.93 bits per heavy atom. The van der Waals surface area contributed by atoms with Gasteiger partial charge in [-0.2, -0.15) is 0 Å². The molecule has 0 bridgehead atoms. The smallest absolute Gasteiger partial charge is 0.318 e. The van der Waals surface area contributed by atoms with Gasteiger partial charge in [-0.15, -0.1) is 0 Å². The quantitative estimate of drug-likeness (QED) is 0.801. The van der Waals surface area contributed by atoms with Crippen LogP contribution in [0.15, 0.2) is 41.8 Å². The number of nitrogens with zero attached hydrogens (tertiary/aromatic N) is 1. The van der Waals surface area contributed by atoms with E-state index in [1.807, 2.05) is 23.1 Å². The zero-order valence-electron chi connectivity index (χ0n) is 16.2. The van der Waals surface area contributed by atoms with Crippen molar-refractivity contribution in [2.24, 2.45) is 11.8 Å². The molecule has 27 heavy (non-hydrogen) atoms. The number of rotatable bonds is 6. The molecule has 2 fully saturated rings. The highest BCUT2D eigenvalue weighted by atomic mass is 32.2. The number of urea groups is 1. The Bertz CT molecular complexity index is 772. The van der Waals surface area contributed by atoms with Gasteiger partial charge in [0, 0.05) is 24.3 Å². The molecule has 1 N–H and O–H groups in total. The topological polar surface area (TPSA) is 66.5 Å². The minimum atomic E-state index is -3.19. The maximum absolute atomic E-state index is 12.9. The third kappa shape index (κ3) is 6.09. The Morgan fingerprint density at radius 1 is 1.22 bits per heavy atom. The summed E-state index contributed by atoms with van der Waals surface area (Å²) in [4.78, 5) is 14.8. The average molecular weight is 391 g/mol. The monoisotopic (exact) mass is 390 g/mol. The van der Waals surface area contributed by atoms with Gasteiger partial charge >= 0.3 is 6.03 Å². The van der Waals surface area contributed by atoms with Crippen LogP contribution < -0.4 is 5.32 Å². The molecule has 148 valence electrons. The van der Waals surface area contributed by atoms with E-state index in [0.29, 0.717) is 5.92 Å². The number of hydrogen-bond acceptors (Lipinski definition) is 3. The van der Waals surface area contributed by atoms with Gasteiger partial charge in [-0.25, -0.2) is 13.2 Å². The first-order valence-electron chi connectivity index (χ1n) is 9.82. The Kier molecular flexibility index (Phi) is 6.25. The molecule has 3 atom stereocenters. The molecule has 5 nitrogen and oxygen atoms in total. The number of likely N-dealkylation sites (tertiary alicyclic amines) is 1. The maximum Gasteiger partial charge on any atom is 0.318 e. The molecule has 1 saturated heterocycles. The summed E-state index contributed by atoms with van der Waals surface area (Å²) >= 11 is 0. The molecule has 1 aromatic carbocycles. The molecule has 1 aliphatic heterocycles. The summed E-state index contributed by atoms with van der Waals surface area (Å²) < 4.78 is 22.6. The standard InChI is InChI=1S/C21H30N2O3S/c1-16(11-13-27(2,25)26)22-21(24)23-12-10-18(14-17-8-9-17)15-20(23)19-6-4-3-5-7-19/h3-7,11,13,16-18,20H,8-10,12,14-15H2,1-2H3,(H,22,24)/b13-11+/t16-,18+,20+/m0/s1. The summed E-state index contributed by atoms with van der Waals surface area (Å²) in [5, 5.41) is 4.07. The van der Waals surface area contributed by atoms with Crippen molar-refractivity contribution in [3.05, 3.63) is 47.4 Å². The van der Waals surface area contributed by atoms with Gasteiger partial charge in [0.15, 0.2) is 9.84 Å². The second-order valence-electron chi connectivity index (χ2n) is 8.09. The van der Waals surface area contributed by atoms with E-state index < -0.39 is 9.84 Å². The molecule has 0 aromatic heterocycles. The Balaban J connectivity index is 1.69. The summed E-state index contributed by atoms with van der Waals surface area (Å²) in [5.41, 5.74) is 1.17. The highest BCUT2D eigenvalue weighted by molar-refractivity contribution is 7.93. The zero-order valence-corrected chi connectivity index (χ0v) is 17.0. The van der Waals surface area contributed by atoms with E-state index in [9.17, 15) is 13.2 Å². The van der Waals surface area contributed by atoms with Crippen LogP contribution in [-0.2, 0) is 9.84 Å². The Labute approximate surface area is 162 Å². The van der Waals surface area contributed by atoms with Crippen molar-refractivity contribution in [1.82, 2.24) is 10.2 Å². The number of sulfone groups is 1. The number of amides is 2. The number of piperidine rings is 1. The molecule has 1 saturated carbocycles. The Morgan fingerprint density at radius 3 is 2.56 bits per heavy atom. The van der Waals surface area contributed by atoms with E-state index >= 15 is 0 Å².